The molecule has 0 bridgehead atoms. The van der Waals surface area contributed by atoms with Gasteiger partial charge in [0.15, 0.2) is 5.96 Å². The summed E-state index contributed by atoms with van der Waals surface area (Å²) in [5.74, 6) is 2.30. The molecular weight excluding hydrogens is 386 g/mol. The van der Waals surface area contributed by atoms with Gasteiger partial charge in [0, 0.05) is 51.0 Å². The summed E-state index contributed by atoms with van der Waals surface area (Å²) in [5, 5.41) is 7.06. The summed E-state index contributed by atoms with van der Waals surface area (Å²) in [4.78, 5) is 11.3. The van der Waals surface area contributed by atoms with Crippen LogP contribution in [0.4, 0.5) is 0 Å². The highest BCUT2D eigenvalue weighted by molar-refractivity contribution is 5.79. The van der Waals surface area contributed by atoms with Crippen LogP contribution in [-0.4, -0.2) is 48.1 Å². The van der Waals surface area contributed by atoms with E-state index in [0.29, 0.717) is 24.5 Å². The van der Waals surface area contributed by atoms with Gasteiger partial charge < -0.3 is 15.4 Å². The molecular formula is C25H35N5O. The molecule has 2 N–H and O–H groups in total. The summed E-state index contributed by atoms with van der Waals surface area (Å²) >= 11 is 0. The Hall–Kier alpha value is -2.60. The molecule has 0 spiro atoms. The van der Waals surface area contributed by atoms with E-state index in [2.05, 4.69) is 62.8 Å². The molecule has 2 heterocycles. The van der Waals surface area contributed by atoms with Crippen LogP contribution in [0.15, 0.2) is 53.7 Å². The second kappa shape index (κ2) is 10.6. The molecule has 1 saturated carbocycles. The quantitative estimate of drug-likeness (QED) is 0.504. The van der Waals surface area contributed by atoms with Crippen molar-refractivity contribution in [3.63, 3.8) is 0 Å². The molecule has 6 heteroatoms. The van der Waals surface area contributed by atoms with E-state index < -0.39 is 0 Å². The fourth-order valence-corrected chi connectivity index (χ4v) is 4.11. The van der Waals surface area contributed by atoms with Crippen LogP contribution >= 0.6 is 0 Å². The summed E-state index contributed by atoms with van der Waals surface area (Å²) in [7, 11) is 1.83. The van der Waals surface area contributed by atoms with Gasteiger partial charge >= 0.3 is 0 Å². The van der Waals surface area contributed by atoms with Crippen LogP contribution in [0.2, 0.25) is 0 Å². The molecule has 6 nitrogen and oxygen atoms in total. The van der Waals surface area contributed by atoms with Gasteiger partial charge in [-0.1, -0.05) is 30.3 Å². The van der Waals surface area contributed by atoms with E-state index in [9.17, 15) is 0 Å². The van der Waals surface area contributed by atoms with Gasteiger partial charge in [0.1, 0.15) is 0 Å². The zero-order valence-corrected chi connectivity index (χ0v) is 18.8. The third-order valence-electron chi connectivity index (χ3n) is 6.23. The van der Waals surface area contributed by atoms with Crippen molar-refractivity contribution in [1.29, 1.82) is 0 Å². The Labute approximate surface area is 186 Å². The van der Waals surface area contributed by atoms with Crippen LogP contribution in [-0.2, 0) is 13.1 Å². The van der Waals surface area contributed by atoms with E-state index in [1.54, 1.807) is 0 Å². The van der Waals surface area contributed by atoms with Gasteiger partial charge in [0.25, 0.3) is 0 Å². The summed E-state index contributed by atoms with van der Waals surface area (Å²) in [6.45, 7) is 5.93. The van der Waals surface area contributed by atoms with Crippen LogP contribution in [0.25, 0.3) is 0 Å². The molecule has 1 saturated heterocycles. The summed E-state index contributed by atoms with van der Waals surface area (Å²) in [6, 6.07) is 15.8. The molecule has 1 aliphatic heterocycles. The number of hydrogen-bond donors (Lipinski definition) is 2. The number of ether oxygens (including phenoxy) is 1. The third kappa shape index (κ3) is 6.69. The smallest absolute Gasteiger partial charge is 0.213 e. The van der Waals surface area contributed by atoms with E-state index in [4.69, 9.17) is 4.74 Å². The Balaban J connectivity index is 1.22. The van der Waals surface area contributed by atoms with Crippen molar-refractivity contribution in [2.75, 3.05) is 20.2 Å². The fraction of sp³-hybridized carbons (Fsp3) is 0.520. The van der Waals surface area contributed by atoms with Gasteiger partial charge in [-0.05, 0) is 55.7 Å². The van der Waals surface area contributed by atoms with Gasteiger partial charge in [-0.2, -0.15) is 0 Å². The Bertz CT molecular complexity index is 852. The lowest BCUT2D eigenvalue weighted by atomic mass is 9.97. The number of pyridine rings is 1. The number of aromatic nitrogens is 1. The number of nitrogens with zero attached hydrogens (tertiary/aromatic N) is 3. The molecule has 0 amide bonds. The van der Waals surface area contributed by atoms with Gasteiger partial charge in [-0.3, -0.25) is 9.89 Å². The van der Waals surface area contributed by atoms with Crippen molar-refractivity contribution in [2.24, 2.45) is 10.9 Å². The topological polar surface area (TPSA) is 61.8 Å². The number of piperidine rings is 1. The minimum absolute atomic E-state index is 0.433. The third-order valence-corrected chi connectivity index (χ3v) is 6.23. The van der Waals surface area contributed by atoms with Crippen LogP contribution in [0.3, 0.4) is 0 Å². The zero-order chi connectivity index (χ0) is 21.5. The summed E-state index contributed by atoms with van der Waals surface area (Å²) in [5.41, 5.74) is 2.53. The Morgan fingerprint density at radius 3 is 2.74 bits per heavy atom. The zero-order valence-electron chi connectivity index (χ0n) is 18.8. The van der Waals surface area contributed by atoms with Crippen LogP contribution in [0.1, 0.15) is 43.7 Å². The highest BCUT2D eigenvalue weighted by Crippen LogP contribution is 2.29. The molecule has 2 aliphatic rings. The van der Waals surface area contributed by atoms with Gasteiger partial charge in [0.2, 0.25) is 5.88 Å². The van der Waals surface area contributed by atoms with Crippen LogP contribution in [0.5, 0.6) is 5.88 Å². The SMILES string of the molecule is CN=C(NCc1ccnc(OCC2CC2)c1)NC1CCN(Cc2ccccc2)C(C)C1. The highest BCUT2D eigenvalue weighted by Gasteiger charge is 2.26. The normalized spacial score (nSPS) is 22.2. The van der Waals surface area contributed by atoms with E-state index in [-0.39, 0.29) is 0 Å². The average molecular weight is 422 g/mol. The molecule has 2 atom stereocenters. The molecule has 1 aliphatic carbocycles. The summed E-state index contributed by atoms with van der Waals surface area (Å²) in [6.07, 6.45) is 6.62. The number of aliphatic imine (C=N–C) groups is 1. The molecule has 31 heavy (non-hydrogen) atoms. The maximum atomic E-state index is 5.80. The number of nitrogens with one attached hydrogen (secondary N) is 2. The van der Waals surface area contributed by atoms with Crippen molar-refractivity contribution in [2.45, 2.75) is 57.8 Å². The molecule has 4 rings (SSSR count). The number of likely N-dealkylation sites (tertiary alicyclic amines) is 1. The molecule has 166 valence electrons. The molecule has 2 unspecified atom stereocenters. The first-order valence-electron chi connectivity index (χ1n) is 11.5. The molecule has 1 aromatic heterocycles. The number of guanidine groups is 1. The van der Waals surface area contributed by atoms with Crippen molar-refractivity contribution in [1.82, 2.24) is 20.5 Å². The highest BCUT2D eigenvalue weighted by atomic mass is 16.5. The predicted molar refractivity (Wildman–Crippen MR) is 125 cm³/mol. The van der Waals surface area contributed by atoms with Crippen molar-refractivity contribution in [3.05, 3.63) is 59.8 Å². The molecule has 2 fully saturated rings. The van der Waals surface area contributed by atoms with Crippen molar-refractivity contribution in [3.8, 4) is 5.88 Å². The largest absolute Gasteiger partial charge is 0.477 e. The van der Waals surface area contributed by atoms with E-state index in [1.165, 1.54) is 18.4 Å². The standard InChI is InChI=1S/C25H35N5O/c1-19-14-23(11-13-30(19)17-20-6-4-3-5-7-20)29-25(26-2)28-16-22-10-12-27-24(15-22)31-18-21-8-9-21/h3-7,10,12,15,19,21,23H,8-9,11,13-14,16-18H2,1-2H3,(H2,26,28,29). The average Bonchev–Trinajstić information content (AvgIpc) is 3.63. The summed E-state index contributed by atoms with van der Waals surface area (Å²) < 4.78 is 5.80. The predicted octanol–water partition coefficient (Wildman–Crippen LogP) is 3.59. The van der Waals surface area contributed by atoms with E-state index in [0.717, 1.165) is 50.0 Å². The number of benzene rings is 1. The van der Waals surface area contributed by atoms with Gasteiger partial charge in [-0.15, -0.1) is 0 Å². The van der Waals surface area contributed by atoms with Crippen LogP contribution < -0.4 is 15.4 Å². The first kappa shape index (κ1) is 21.6. The maximum Gasteiger partial charge on any atom is 0.213 e. The number of hydrogen-bond acceptors (Lipinski definition) is 4. The lowest BCUT2D eigenvalue weighted by Gasteiger charge is -2.38. The lowest BCUT2D eigenvalue weighted by molar-refractivity contribution is 0.134. The first-order valence-corrected chi connectivity index (χ1v) is 11.5. The Morgan fingerprint density at radius 1 is 1.16 bits per heavy atom. The minimum Gasteiger partial charge on any atom is -0.477 e. The van der Waals surface area contributed by atoms with Gasteiger partial charge in [0.05, 0.1) is 6.61 Å². The van der Waals surface area contributed by atoms with E-state index in [1.807, 2.05) is 25.4 Å². The number of rotatable bonds is 8. The Kier molecular flexibility index (Phi) is 7.41. The van der Waals surface area contributed by atoms with Gasteiger partial charge in [-0.25, -0.2) is 4.98 Å². The molecule has 2 aromatic rings. The van der Waals surface area contributed by atoms with Crippen molar-refractivity contribution < 1.29 is 4.74 Å². The van der Waals surface area contributed by atoms with Crippen LogP contribution in [0, 0.1) is 5.92 Å². The molecule has 1 aromatic carbocycles. The maximum absolute atomic E-state index is 5.80. The fourth-order valence-electron chi connectivity index (χ4n) is 4.11. The first-order chi connectivity index (χ1) is 15.2. The molecule has 0 radical (unpaired) electrons. The van der Waals surface area contributed by atoms with E-state index >= 15 is 0 Å². The second-order valence-corrected chi connectivity index (χ2v) is 8.85. The second-order valence-electron chi connectivity index (χ2n) is 8.85. The lowest BCUT2D eigenvalue weighted by Crippen LogP contribution is -2.51. The van der Waals surface area contributed by atoms with Crippen molar-refractivity contribution >= 4 is 5.96 Å². The minimum atomic E-state index is 0.433. The monoisotopic (exact) mass is 421 g/mol. The Morgan fingerprint density at radius 2 is 2.00 bits per heavy atom.